The molecule has 0 aliphatic heterocycles. The molecule has 1 rings (SSSR count). The van der Waals surface area contributed by atoms with E-state index in [1.807, 2.05) is 12.1 Å². The fourth-order valence-corrected chi connectivity index (χ4v) is 0.678. The third kappa shape index (κ3) is 2.04. The monoisotopic (exact) mass is 162 g/mol. The van der Waals surface area contributed by atoms with E-state index in [4.69, 9.17) is 10.5 Å². The van der Waals surface area contributed by atoms with E-state index < -0.39 is 0 Å². The molecule has 11 heavy (non-hydrogen) atoms. The summed E-state index contributed by atoms with van der Waals surface area (Å²) in [5, 5.41) is 16.9. The molecular formula is C8H7N2P. The SMILES string of the molecule is N#Cc1ccccc1C#N.P. The van der Waals surface area contributed by atoms with Crippen LogP contribution in [0.15, 0.2) is 24.3 Å². The van der Waals surface area contributed by atoms with Gasteiger partial charge in [0.2, 0.25) is 0 Å². The van der Waals surface area contributed by atoms with Crippen molar-refractivity contribution in [2.45, 2.75) is 0 Å². The maximum atomic E-state index is 8.45. The fourth-order valence-electron chi connectivity index (χ4n) is 0.678. The number of nitrogens with zero attached hydrogens (tertiary/aromatic N) is 2. The van der Waals surface area contributed by atoms with Crippen LogP contribution in [0.4, 0.5) is 0 Å². The second kappa shape index (κ2) is 4.45. The van der Waals surface area contributed by atoms with Gasteiger partial charge in [-0.2, -0.15) is 20.4 Å². The van der Waals surface area contributed by atoms with E-state index in [9.17, 15) is 0 Å². The Morgan fingerprint density at radius 3 is 1.55 bits per heavy atom. The van der Waals surface area contributed by atoms with E-state index in [1.165, 1.54) is 0 Å². The first-order valence-corrected chi connectivity index (χ1v) is 2.77. The molecule has 1 aromatic rings. The molecule has 0 radical (unpaired) electrons. The van der Waals surface area contributed by atoms with Crippen molar-refractivity contribution in [3.05, 3.63) is 35.4 Å². The molecule has 0 aliphatic carbocycles. The Labute approximate surface area is 68.7 Å². The molecule has 0 heterocycles. The van der Waals surface area contributed by atoms with E-state index in [0.717, 1.165) is 0 Å². The van der Waals surface area contributed by atoms with Crippen LogP contribution in [0.2, 0.25) is 0 Å². The van der Waals surface area contributed by atoms with Crippen molar-refractivity contribution >= 4 is 9.90 Å². The van der Waals surface area contributed by atoms with Crippen molar-refractivity contribution in [3.63, 3.8) is 0 Å². The van der Waals surface area contributed by atoms with Gasteiger partial charge in [0.05, 0.1) is 11.1 Å². The molecule has 0 fully saturated rings. The summed E-state index contributed by atoms with van der Waals surface area (Å²) in [5.41, 5.74) is 0.870. The summed E-state index contributed by atoms with van der Waals surface area (Å²) in [7, 11) is 0. The fraction of sp³-hybridized carbons (Fsp3) is 0. The van der Waals surface area contributed by atoms with Gasteiger partial charge in [-0.25, -0.2) is 0 Å². The van der Waals surface area contributed by atoms with Gasteiger partial charge < -0.3 is 0 Å². The zero-order chi connectivity index (χ0) is 7.40. The Morgan fingerprint density at radius 2 is 1.27 bits per heavy atom. The highest BCUT2D eigenvalue weighted by molar-refractivity contribution is 6.92. The smallest absolute Gasteiger partial charge is 0.101 e. The van der Waals surface area contributed by atoms with Gasteiger partial charge in [-0.3, -0.25) is 0 Å². The lowest BCUT2D eigenvalue weighted by Gasteiger charge is -1.88. The van der Waals surface area contributed by atoms with Crippen molar-refractivity contribution in [2.75, 3.05) is 0 Å². The lowest BCUT2D eigenvalue weighted by Crippen LogP contribution is -1.79. The van der Waals surface area contributed by atoms with Crippen LogP contribution in [-0.2, 0) is 0 Å². The average molecular weight is 162 g/mol. The van der Waals surface area contributed by atoms with Crippen LogP contribution in [0.3, 0.4) is 0 Å². The maximum Gasteiger partial charge on any atom is 0.101 e. The van der Waals surface area contributed by atoms with Gasteiger partial charge in [0.1, 0.15) is 12.1 Å². The molecule has 0 bridgehead atoms. The highest BCUT2D eigenvalue weighted by atomic mass is 31.0. The standard InChI is InChI=1S/C8H4N2.H3P/c9-5-7-3-1-2-4-8(7)6-10;/h1-4H;1H3. The van der Waals surface area contributed by atoms with Crippen LogP contribution in [-0.4, -0.2) is 0 Å². The van der Waals surface area contributed by atoms with Gasteiger partial charge in [-0.05, 0) is 12.1 Å². The Kier molecular flexibility index (Phi) is 3.89. The highest BCUT2D eigenvalue weighted by Gasteiger charge is 1.95. The Morgan fingerprint density at radius 1 is 0.909 bits per heavy atom. The van der Waals surface area contributed by atoms with Crippen LogP contribution in [0.5, 0.6) is 0 Å². The predicted molar refractivity (Wildman–Crippen MR) is 47.0 cm³/mol. The summed E-state index contributed by atoms with van der Waals surface area (Å²) in [6.07, 6.45) is 0. The van der Waals surface area contributed by atoms with Crippen molar-refractivity contribution in [1.82, 2.24) is 0 Å². The Balaban J connectivity index is 0.000001000. The van der Waals surface area contributed by atoms with Crippen LogP contribution < -0.4 is 0 Å². The van der Waals surface area contributed by atoms with Gasteiger partial charge >= 0.3 is 0 Å². The number of benzene rings is 1. The first-order valence-electron chi connectivity index (χ1n) is 2.77. The van der Waals surface area contributed by atoms with Crippen LogP contribution >= 0.6 is 9.90 Å². The van der Waals surface area contributed by atoms with Gasteiger partial charge in [0.15, 0.2) is 0 Å². The van der Waals surface area contributed by atoms with Crippen molar-refractivity contribution in [2.24, 2.45) is 0 Å². The van der Waals surface area contributed by atoms with Crippen LogP contribution in [0.25, 0.3) is 0 Å². The number of rotatable bonds is 0. The van der Waals surface area contributed by atoms with Gasteiger partial charge in [0, 0.05) is 0 Å². The molecule has 0 saturated carbocycles. The van der Waals surface area contributed by atoms with Gasteiger partial charge in [0.25, 0.3) is 0 Å². The van der Waals surface area contributed by atoms with E-state index in [0.29, 0.717) is 11.1 Å². The molecule has 1 unspecified atom stereocenters. The zero-order valence-corrected chi connectivity index (χ0v) is 7.33. The summed E-state index contributed by atoms with van der Waals surface area (Å²) in [4.78, 5) is 0. The van der Waals surface area contributed by atoms with Crippen LogP contribution in [0.1, 0.15) is 11.1 Å². The van der Waals surface area contributed by atoms with Crippen molar-refractivity contribution in [3.8, 4) is 12.1 Å². The molecular weight excluding hydrogens is 155 g/mol. The van der Waals surface area contributed by atoms with E-state index in [-0.39, 0.29) is 9.90 Å². The van der Waals surface area contributed by atoms with Crippen molar-refractivity contribution in [1.29, 1.82) is 10.5 Å². The molecule has 54 valence electrons. The lowest BCUT2D eigenvalue weighted by atomic mass is 10.1. The van der Waals surface area contributed by atoms with E-state index in [1.54, 1.807) is 24.3 Å². The largest absolute Gasteiger partial charge is 0.192 e. The zero-order valence-electron chi connectivity index (χ0n) is 5.91. The molecule has 0 N–H and O–H groups in total. The summed E-state index contributed by atoms with van der Waals surface area (Å²) in [5.74, 6) is 0. The maximum absolute atomic E-state index is 8.45. The number of nitriles is 2. The van der Waals surface area contributed by atoms with Gasteiger partial charge in [-0.15, -0.1) is 0 Å². The number of hydrogen-bond donors (Lipinski definition) is 0. The Bertz CT molecular complexity index is 287. The van der Waals surface area contributed by atoms with Gasteiger partial charge in [-0.1, -0.05) is 12.1 Å². The molecule has 1 aromatic carbocycles. The molecule has 0 spiro atoms. The first-order chi connectivity index (χ1) is 4.88. The highest BCUT2D eigenvalue weighted by Crippen LogP contribution is 2.03. The Hall–Kier alpha value is -1.37. The van der Waals surface area contributed by atoms with Crippen LogP contribution in [0, 0.1) is 22.7 Å². The minimum Gasteiger partial charge on any atom is -0.192 e. The molecule has 2 nitrogen and oxygen atoms in total. The second-order valence-corrected chi connectivity index (χ2v) is 1.77. The topological polar surface area (TPSA) is 47.6 Å². The van der Waals surface area contributed by atoms with Crippen molar-refractivity contribution < 1.29 is 0 Å². The molecule has 0 aromatic heterocycles. The normalized spacial score (nSPS) is 7.09. The quantitative estimate of drug-likeness (QED) is 0.542. The summed E-state index contributed by atoms with van der Waals surface area (Å²) in [6, 6.07) is 10.6. The summed E-state index contributed by atoms with van der Waals surface area (Å²) < 4.78 is 0. The van der Waals surface area contributed by atoms with E-state index in [2.05, 4.69) is 0 Å². The summed E-state index contributed by atoms with van der Waals surface area (Å²) >= 11 is 0. The lowest BCUT2D eigenvalue weighted by molar-refractivity contribution is 1.43. The molecule has 1 atom stereocenters. The molecule has 0 amide bonds. The third-order valence-electron chi connectivity index (χ3n) is 1.17. The third-order valence-corrected chi connectivity index (χ3v) is 1.17. The number of hydrogen-bond acceptors (Lipinski definition) is 2. The molecule has 3 heteroatoms. The average Bonchev–Trinajstić information content (AvgIpc) is 2.04. The molecule has 0 aliphatic rings. The minimum atomic E-state index is 0. The summed E-state index contributed by atoms with van der Waals surface area (Å²) in [6.45, 7) is 0. The minimum absolute atomic E-state index is 0. The molecule has 0 saturated heterocycles. The van der Waals surface area contributed by atoms with E-state index >= 15 is 0 Å². The first kappa shape index (κ1) is 9.63. The predicted octanol–water partition coefficient (Wildman–Crippen LogP) is 1.49. The second-order valence-electron chi connectivity index (χ2n) is 1.77.